The number of allylic oxidation sites excluding steroid dienone is 2. The van der Waals surface area contributed by atoms with E-state index in [0.717, 1.165) is 29.3 Å². The topological polar surface area (TPSA) is 32.8 Å². The zero-order valence-electron chi connectivity index (χ0n) is 14.6. The van der Waals surface area contributed by atoms with Crippen LogP contribution in [0.5, 0.6) is 5.75 Å². The first-order valence-electron chi connectivity index (χ1n) is 8.56. The average molecular weight is 383 g/mol. The number of thioether (sulfide) groups is 1. The van der Waals surface area contributed by atoms with Crippen LogP contribution in [0.4, 0.5) is 5.69 Å². The van der Waals surface area contributed by atoms with Crippen LogP contribution in [0.15, 0.2) is 59.3 Å². The maximum Gasteiger partial charge on any atom is 0.266 e. The summed E-state index contributed by atoms with van der Waals surface area (Å²) in [5.41, 5.74) is 1.05. The van der Waals surface area contributed by atoms with Gasteiger partial charge < -0.3 is 9.64 Å². The fourth-order valence-corrected chi connectivity index (χ4v) is 4.50. The number of amides is 1. The van der Waals surface area contributed by atoms with Gasteiger partial charge in [0.1, 0.15) is 4.32 Å². The lowest BCUT2D eigenvalue weighted by atomic mass is 10.1. The Balaban J connectivity index is 1.68. The van der Waals surface area contributed by atoms with E-state index < -0.39 is 0 Å². The smallest absolute Gasteiger partial charge is 0.266 e. The Hall–Kier alpha value is -2.31. The van der Waals surface area contributed by atoms with E-state index in [1.54, 1.807) is 11.0 Å². The Morgan fingerprint density at radius 3 is 2.42 bits per heavy atom. The van der Waals surface area contributed by atoms with Crippen molar-refractivity contribution in [1.82, 2.24) is 4.90 Å². The number of rotatable bonds is 3. The van der Waals surface area contributed by atoms with E-state index in [1.807, 2.05) is 25.1 Å². The van der Waals surface area contributed by atoms with Gasteiger partial charge in [0.15, 0.2) is 5.75 Å². The van der Waals surface area contributed by atoms with Crippen molar-refractivity contribution in [1.29, 1.82) is 0 Å². The molecular formula is C20H18N2O2S2. The Morgan fingerprint density at radius 1 is 1.08 bits per heavy atom. The predicted molar refractivity (Wildman–Crippen MR) is 111 cm³/mol. The molecule has 4 nitrogen and oxygen atoms in total. The van der Waals surface area contributed by atoms with Crippen molar-refractivity contribution in [3.63, 3.8) is 0 Å². The van der Waals surface area contributed by atoms with E-state index in [0.29, 0.717) is 15.8 Å². The molecule has 0 spiro atoms. The van der Waals surface area contributed by atoms with Gasteiger partial charge in [0.2, 0.25) is 5.88 Å². The predicted octanol–water partition coefficient (Wildman–Crippen LogP) is 4.66. The van der Waals surface area contributed by atoms with E-state index in [4.69, 9.17) is 17.0 Å². The molecule has 0 bridgehead atoms. The molecule has 6 heteroatoms. The Bertz CT molecular complexity index is 981. The van der Waals surface area contributed by atoms with Gasteiger partial charge >= 0.3 is 0 Å². The molecule has 1 saturated heterocycles. The standard InChI is InChI=1S/C20H18N2O2S2/c1-3-21-15-11-13-7-5-6-8-14(13)12-16(15)24-18(21)10-9-17-19(23)22(4-2)20(25)26-17/h5-12H,3-4H2,1-2H3. The molecule has 2 aromatic rings. The number of fused-ring (bicyclic) bond motifs is 2. The van der Waals surface area contributed by atoms with Crippen LogP contribution in [0.3, 0.4) is 0 Å². The van der Waals surface area contributed by atoms with Crippen molar-refractivity contribution >= 4 is 50.7 Å². The van der Waals surface area contributed by atoms with Gasteiger partial charge in [-0.3, -0.25) is 9.69 Å². The SMILES string of the molecule is CCN1C(=O)C(=CC=C2Oc3cc4ccccc4cc3N2CC)SC1=S. The highest BCUT2D eigenvalue weighted by Crippen LogP contribution is 2.42. The second kappa shape index (κ2) is 6.78. The number of hydrogen-bond acceptors (Lipinski definition) is 5. The maximum atomic E-state index is 12.3. The molecule has 0 unspecified atom stereocenters. The number of nitrogens with zero attached hydrogens (tertiary/aromatic N) is 2. The number of likely N-dealkylation sites (N-methyl/N-ethyl adjacent to an activating group) is 1. The van der Waals surface area contributed by atoms with E-state index in [9.17, 15) is 4.79 Å². The molecule has 0 aliphatic carbocycles. The van der Waals surface area contributed by atoms with Crippen LogP contribution in [0.1, 0.15) is 13.8 Å². The number of carbonyl (C=O) groups is 1. The quantitative estimate of drug-likeness (QED) is 0.569. The molecule has 0 radical (unpaired) electrons. The number of carbonyl (C=O) groups excluding carboxylic acids is 1. The molecule has 26 heavy (non-hydrogen) atoms. The third-order valence-electron chi connectivity index (χ3n) is 4.48. The van der Waals surface area contributed by atoms with Crippen molar-refractivity contribution < 1.29 is 9.53 Å². The molecule has 132 valence electrons. The first kappa shape index (κ1) is 17.1. The third kappa shape index (κ3) is 2.79. The summed E-state index contributed by atoms with van der Waals surface area (Å²) in [6, 6.07) is 12.4. The van der Waals surface area contributed by atoms with Crippen LogP contribution < -0.4 is 9.64 Å². The van der Waals surface area contributed by atoms with Crippen molar-refractivity contribution in [2.75, 3.05) is 18.0 Å². The second-order valence-corrected chi connectivity index (χ2v) is 7.64. The minimum absolute atomic E-state index is 0.0383. The molecule has 0 aromatic heterocycles. The third-order valence-corrected chi connectivity index (χ3v) is 5.88. The number of thiocarbonyl (C=S) groups is 1. The Labute approximate surface area is 162 Å². The Kier molecular flexibility index (Phi) is 4.46. The van der Waals surface area contributed by atoms with Crippen LogP contribution in [-0.4, -0.2) is 28.2 Å². The van der Waals surface area contributed by atoms with E-state index in [1.165, 1.54) is 17.1 Å². The normalized spacial score (nSPS) is 19.8. The van der Waals surface area contributed by atoms with Crippen molar-refractivity contribution in [3.8, 4) is 5.75 Å². The van der Waals surface area contributed by atoms with Gasteiger partial charge in [-0.25, -0.2) is 0 Å². The molecule has 2 aliphatic heterocycles. The number of ether oxygens (including phenoxy) is 1. The summed E-state index contributed by atoms with van der Waals surface area (Å²) in [4.78, 5) is 16.7. The highest BCUT2D eigenvalue weighted by atomic mass is 32.2. The monoisotopic (exact) mass is 382 g/mol. The molecule has 0 atom stereocenters. The van der Waals surface area contributed by atoms with Crippen LogP contribution in [0, 0.1) is 0 Å². The fourth-order valence-electron chi connectivity index (χ4n) is 3.17. The summed E-state index contributed by atoms with van der Waals surface area (Å²) in [6.45, 7) is 5.37. The van der Waals surface area contributed by atoms with Crippen LogP contribution in [0.2, 0.25) is 0 Å². The lowest BCUT2D eigenvalue weighted by molar-refractivity contribution is -0.122. The fraction of sp³-hybridized carbons (Fsp3) is 0.200. The molecule has 2 heterocycles. The van der Waals surface area contributed by atoms with Crippen molar-refractivity contribution in [2.24, 2.45) is 0 Å². The van der Waals surface area contributed by atoms with Gasteiger partial charge in [0, 0.05) is 19.2 Å². The van der Waals surface area contributed by atoms with Crippen molar-refractivity contribution in [3.05, 3.63) is 59.3 Å². The van der Waals surface area contributed by atoms with Crippen molar-refractivity contribution in [2.45, 2.75) is 13.8 Å². The van der Waals surface area contributed by atoms with Gasteiger partial charge in [-0.1, -0.05) is 48.2 Å². The van der Waals surface area contributed by atoms with Gasteiger partial charge in [0.05, 0.1) is 10.6 Å². The summed E-state index contributed by atoms with van der Waals surface area (Å²) in [5, 5.41) is 2.32. The van der Waals surface area contributed by atoms with Crippen LogP contribution in [-0.2, 0) is 4.79 Å². The van der Waals surface area contributed by atoms with E-state index >= 15 is 0 Å². The number of anilines is 1. The molecular weight excluding hydrogens is 364 g/mol. The molecule has 0 N–H and O–H groups in total. The zero-order valence-corrected chi connectivity index (χ0v) is 16.2. The Morgan fingerprint density at radius 2 is 1.77 bits per heavy atom. The molecule has 4 rings (SSSR count). The summed E-state index contributed by atoms with van der Waals surface area (Å²) >= 11 is 6.59. The van der Waals surface area contributed by atoms with Crippen LogP contribution in [0.25, 0.3) is 10.8 Å². The summed E-state index contributed by atoms with van der Waals surface area (Å²) in [6.07, 6.45) is 3.66. The molecule has 1 amide bonds. The summed E-state index contributed by atoms with van der Waals surface area (Å²) < 4.78 is 6.68. The molecule has 2 aromatic carbocycles. The van der Waals surface area contributed by atoms with E-state index in [-0.39, 0.29) is 5.91 Å². The van der Waals surface area contributed by atoms with Gasteiger partial charge in [-0.2, -0.15) is 0 Å². The number of benzene rings is 2. The minimum atomic E-state index is -0.0383. The summed E-state index contributed by atoms with van der Waals surface area (Å²) in [5.74, 6) is 1.52. The second-order valence-electron chi connectivity index (χ2n) is 5.97. The highest BCUT2D eigenvalue weighted by Gasteiger charge is 2.31. The van der Waals surface area contributed by atoms with Crippen LogP contribution >= 0.6 is 24.0 Å². The lowest BCUT2D eigenvalue weighted by Crippen LogP contribution is -2.27. The molecule has 0 saturated carbocycles. The first-order chi connectivity index (χ1) is 12.6. The number of hydrogen-bond donors (Lipinski definition) is 0. The highest BCUT2D eigenvalue weighted by molar-refractivity contribution is 8.26. The van der Waals surface area contributed by atoms with Gasteiger partial charge in [0.25, 0.3) is 5.91 Å². The lowest BCUT2D eigenvalue weighted by Gasteiger charge is -2.15. The molecule has 1 fully saturated rings. The molecule has 2 aliphatic rings. The minimum Gasteiger partial charge on any atom is -0.439 e. The first-order valence-corrected chi connectivity index (χ1v) is 9.78. The average Bonchev–Trinajstić information content (AvgIpc) is 3.13. The summed E-state index contributed by atoms with van der Waals surface area (Å²) in [7, 11) is 0. The van der Waals surface area contributed by atoms with Gasteiger partial charge in [-0.15, -0.1) is 0 Å². The largest absolute Gasteiger partial charge is 0.439 e. The van der Waals surface area contributed by atoms with Gasteiger partial charge in [-0.05, 0) is 42.8 Å². The van der Waals surface area contributed by atoms with E-state index in [2.05, 4.69) is 36.1 Å². The zero-order chi connectivity index (χ0) is 18.3. The maximum absolute atomic E-state index is 12.3.